The molecule has 0 atom stereocenters. The maximum atomic E-state index is 12.5. The molecular formula is C26H27N5O5. The number of nitrogens with zero attached hydrogens (tertiary/aromatic N) is 3. The Kier molecular flexibility index (Phi) is 7.74. The lowest BCUT2D eigenvalue weighted by Gasteiger charge is -2.18. The van der Waals surface area contributed by atoms with Gasteiger partial charge in [-0.3, -0.25) is 14.4 Å². The summed E-state index contributed by atoms with van der Waals surface area (Å²) in [5, 5.41) is 10.9. The predicted molar refractivity (Wildman–Crippen MR) is 133 cm³/mol. The van der Waals surface area contributed by atoms with Crippen LogP contribution in [0.2, 0.25) is 0 Å². The number of hydrogen-bond acceptors (Lipinski definition) is 7. The molecule has 2 N–H and O–H groups in total. The number of nitrogens with one attached hydrogen (secondary N) is 2. The molecule has 3 aromatic rings. The van der Waals surface area contributed by atoms with E-state index in [-0.39, 0.29) is 43.7 Å². The van der Waals surface area contributed by atoms with Crippen LogP contribution in [0.15, 0.2) is 64.1 Å². The number of benzene rings is 2. The fourth-order valence-corrected chi connectivity index (χ4v) is 3.58. The molecule has 1 aliphatic heterocycles. The molecule has 1 aliphatic rings. The zero-order valence-electron chi connectivity index (χ0n) is 20.1. The van der Waals surface area contributed by atoms with Crippen molar-refractivity contribution in [2.45, 2.75) is 32.7 Å². The Morgan fingerprint density at radius 3 is 2.61 bits per heavy atom. The van der Waals surface area contributed by atoms with E-state index in [0.717, 1.165) is 0 Å². The molecule has 1 aromatic heterocycles. The minimum atomic E-state index is -0.358. The van der Waals surface area contributed by atoms with Crippen LogP contribution in [0.1, 0.15) is 30.7 Å². The van der Waals surface area contributed by atoms with Crippen LogP contribution in [-0.2, 0) is 20.9 Å². The first-order valence-electron chi connectivity index (χ1n) is 11.6. The lowest BCUT2D eigenvalue weighted by molar-refractivity contribution is -0.130. The maximum Gasteiger partial charge on any atom is 0.267 e. The first-order valence-corrected chi connectivity index (χ1v) is 11.6. The minimum Gasteiger partial charge on any atom is -0.493 e. The maximum absolute atomic E-state index is 12.5. The number of hydrogen-bond donors (Lipinski definition) is 2. The molecular weight excluding hydrogens is 462 g/mol. The monoisotopic (exact) mass is 489 g/mol. The second-order valence-electron chi connectivity index (χ2n) is 8.17. The Hall–Kier alpha value is -4.47. The van der Waals surface area contributed by atoms with Gasteiger partial charge in [-0.2, -0.15) is 5.10 Å². The van der Waals surface area contributed by atoms with Gasteiger partial charge in [0, 0.05) is 19.9 Å². The van der Waals surface area contributed by atoms with Crippen LogP contribution >= 0.6 is 0 Å². The molecule has 0 unspecified atom stereocenters. The van der Waals surface area contributed by atoms with Gasteiger partial charge < -0.3 is 19.8 Å². The lowest BCUT2D eigenvalue weighted by Crippen LogP contribution is -2.37. The van der Waals surface area contributed by atoms with E-state index < -0.39 is 0 Å². The van der Waals surface area contributed by atoms with E-state index in [1.165, 1.54) is 12.1 Å². The van der Waals surface area contributed by atoms with Crippen molar-refractivity contribution in [1.29, 1.82) is 0 Å². The highest BCUT2D eigenvalue weighted by Crippen LogP contribution is 2.29. The number of para-hydroxylation sites is 2. The molecule has 0 aliphatic carbocycles. The van der Waals surface area contributed by atoms with Crippen LogP contribution in [0.4, 0.5) is 5.69 Å². The summed E-state index contributed by atoms with van der Waals surface area (Å²) in [6, 6.07) is 16.5. The molecule has 0 saturated heterocycles. The van der Waals surface area contributed by atoms with Gasteiger partial charge in [0.15, 0.2) is 0 Å². The van der Waals surface area contributed by atoms with E-state index in [2.05, 4.69) is 20.7 Å². The van der Waals surface area contributed by atoms with Crippen molar-refractivity contribution >= 4 is 29.1 Å². The summed E-state index contributed by atoms with van der Waals surface area (Å²) in [7, 11) is 1.52. The number of anilines is 1. The summed E-state index contributed by atoms with van der Waals surface area (Å²) in [6.45, 7) is 2.14. The molecule has 0 fully saturated rings. The molecule has 36 heavy (non-hydrogen) atoms. The van der Waals surface area contributed by atoms with Gasteiger partial charge in [-0.1, -0.05) is 30.3 Å². The highest BCUT2D eigenvalue weighted by atomic mass is 16.5. The fraction of sp³-hybridized carbons (Fsp3) is 0.269. The van der Waals surface area contributed by atoms with Crippen LogP contribution in [0.3, 0.4) is 0 Å². The molecule has 2 heterocycles. The normalized spacial score (nSPS) is 13.2. The third-order valence-corrected chi connectivity index (χ3v) is 5.55. The SMILES string of the molecule is Cc1oc(-c2ccccc2NC(=O)CCOc2ccccc2)nc1CNC(=O)C1=NN(C)C(=O)CC1. The van der Waals surface area contributed by atoms with Crippen molar-refractivity contribution in [3.05, 3.63) is 66.1 Å². The van der Waals surface area contributed by atoms with Gasteiger partial charge in [-0.25, -0.2) is 9.99 Å². The van der Waals surface area contributed by atoms with Crippen molar-refractivity contribution in [2.75, 3.05) is 19.0 Å². The Balaban J connectivity index is 1.37. The summed E-state index contributed by atoms with van der Waals surface area (Å²) in [5.41, 5.74) is 2.02. The van der Waals surface area contributed by atoms with Gasteiger partial charge in [0.05, 0.1) is 30.8 Å². The molecule has 4 rings (SSSR count). The highest BCUT2D eigenvalue weighted by Gasteiger charge is 2.23. The van der Waals surface area contributed by atoms with E-state index in [1.54, 1.807) is 19.1 Å². The van der Waals surface area contributed by atoms with E-state index in [0.29, 0.717) is 46.5 Å². The number of carbonyl (C=O) groups excluding carboxylic acids is 3. The zero-order valence-corrected chi connectivity index (χ0v) is 20.1. The molecule has 10 heteroatoms. The quantitative estimate of drug-likeness (QED) is 0.475. The standard InChI is InChI=1S/C26H27N5O5/c1-17-22(16-27-25(34)21-12-13-24(33)31(2)30-21)29-26(36-17)19-10-6-7-11-20(19)28-23(32)14-15-35-18-8-4-3-5-9-18/h3-11H,12-16H2,1-2H3,(H,27,34)(H,28,32). The minimum absolute atomic E-state index is 0.127. The van der Waals surface area contributed by atoms with Gasteiger partial charge >= 0.3 is 0 Å². The molecule has 186 valence electrons. The van der Waals surface area contributed by atoms with Crippen LogP contribution in [-0.4, -0.2) is 47.1 Å². The molecule has 2 aromatic carbocycles. The second-order valence-corrected chi connectivity index (χ2v) is 8.17. The van der Waals surface area contributed by atoms with Crippen LogP contribution in [0.25, 0.3) is 11.5 Å². The van der Waals surface area contributed by atoms with Crippen molar-refractivity contribution in [3.63, 3.8) is 0 Å². The number of ether oxygens (including phenoxy) is 1. The van der Waals surface area contributed by atoms with E-state index in [1.807, 2.05) is 42.5 Å². The van der Waals surface area contributed by atoms with Crippen LogP contribution in [0.5, 0.6) is 5.75 Å². The second kappa shape index (κ2) is 11.3. The topological polar surface area (TPSA) is 126 Å². The number of carbonyl (C=O) groups is 3. The van der Waals surface area contributed by atoms with Gasteiger partial charge in [0.25, 0.3) is 5.91 Å². The Bertz CT molecular complexity index is 1280. The number of hydrazone groups is 1. The largest absolute Gasteiger partial charge is 0.493 e. The number of oxazole rings is 1. The van der Waals surface area contributed by atoms with Crippen molar-refractivity contribution in [3.8, 4) is 17.2 Å². The molecule has 0 saturated carbocycles. The smallest absolute Gasteiger partial charge is 0.267 e. The highest BCUT2D eigenvalue weighted by molar-refractivity contribution is 6.39. The number of amides is 3. The summed E-state index contributed by atoms with van der Waals surface area (Å²) in [5.74, 6) is 0.887. The Morgan fingerprint density at radius 2 is 1.83 bits per heavy atom. The first-order chi connectivity index (χ1) is 17.4. The van der Waals surface area contributed by atoms with E-state index in [4.69, 9.17) is 9.15 Å². The Labute approximate surface area is 208 Å². The molecule has 0 spiro atoms. The number of aryl methyl sites for hydroxylation is 1. The van der Waals surface area contributed by atoms with Gasteiger partial charge in [-0.05, 0) is 31.2 Å². The van der Waals surface area contributed by atoms with Gasteiger partial charge in [0.1, 0.15) is 22.9 Å². The zero-order chi connectivity index (χ0) is 25.5. The number of rotatable bonds is 9. The summed E-state index contributed by atoms with van der Waals surface area (Å²) >= 11 is 0. The lowest BCUT2D eigenvalue weighted by atomic mass is 10.1. The van der Waals surface area contributed by atoms with E-state index >= 15 is 0 Å². The summed E-state index contributed by atoms with van der Waals surface area (Å²) in [4.78, 5) is 41.1. The van der Waals surface area contributed by atoms with Crippen molar-refractivity contribution in [1.82, 2.24) is 15.3 Å². The van der Waals surface area contributed by atoms with Crippen molar-refractivity contribution < 1.29 is 23.5 Å². The molecule has 0 radical (unpaired) electrons. The van der Waals surface area contributed by atoms with Gasteiger partial charge in [-0.15, -0.1) is 0 Å². The van der Waals surface area contributed by atoms with Crippen LogP contribution < -0.4 is 15.4 Å². The molecule has 0 bridgehead atoms. The number of aromatic nitrogens is 1. The Morgan fingerprint density at radius 1 is 1.08 bits per heavy atom. The van der Waals surface area contributed by atoms with Crippen LogP contribution in [0, 0.1) is 6.92 Å². The first kappa shape index (κ1) is 24.6. The van der Waals surface area contributed by atoms with Crippen molar-refractivity contribution in [2.24, 2.45) is 5.10 Å². The third-order valence-electron chi connectivity index (χ3n) is 5.55. The summed E-state index contributed by atoms with van der Waals surface area (Å²) < 4.78 is 11.4. The molecule has 10 nitrogen and oxygen atoms in total. The van der Waals surface area contributed by atoms with E-state index in [9.17, 15) is 14.4 Å². The average Bonchev–Trinajstić information content (AvgIpc) is 3.25. The van der Waals surface area contributed by atoms with Gasteiger partial charge in [0.2, 0.25) is 17.7 Å². The summed E-state index contributed by atoms with van der Waals surface area (Å²) in [6.07, 6.45) is 0.716. The third kappa shape index (κ3) is 6.15. The fourth-order valence-electron chi connectivity index (χ4n) is 3.58. The average molecular weight is 490 g/mol. The molecule has 3 amide bonds. The predicted octanol–water partition coefficient (Wildman–Crippen LogP) is 3.28.